The van der Waals surface area contributed by atoms with Crippen molar-refractivity contribution in [1.29, 1.82) is 0 Å². The van der Waals surface area contributed by atoms with E-state index in [1.807, 2.05) is 48.5 Å². The minimum Gasteiger partial charge on any atom is -0.497 e. The van der Waals surface area contributed by atoms with E-state index in [0.29, 0.717) is 11.5 Å². The van der Waals surface area contributed by atoms with Crippen LogP contribution >= 0.6 is 0 Å². The summed E-state index contributed by atoms with van der Waals surface area (Å²) in [5, 5.41) is 0. The maximum Gasteiger partial charge on any atom is 0.169 e. The Kier molecular flexibility index (Phi) is 8.93. The molecule has 0 amide bonds. The highest BCUT2D eigenvalue weighted by molar-refractivity contribution is 5.52. The molecule has 4 aromatic rings. The van der Waals surface area contributed by atoms with E-state index in [0.717, 1.165) is 54.2 Å². The SMILES string of the molecule is COc1ccc(CCc2cc(Oc3ccc(CCc4cccc(OC)c4)cc3)c(OC)cc2OC)cc1. The summed E-state index contributed by atoms with van der Waals surface area (Å²) in [6.07, 6.45) is 3.56. The quantitative estimate of drug-likeness (QED) is 0.209. The van der Waals surface area contributed by atoms with Crippen LogP contribution in [0, 0.1) is 0 Å². The fourth-order valence-corrected chi connectivity index (χ4v) is 4.25. The maximum atomic E-state index is 6.26. The van der Waals surface area contributed by atoms with Crippen molar-refractivity contribution >= 4 is 0 Å². The molecule has 4 aromatic carbocycles. The Bertz CT molecular complexity index is 1280. The lowest BCUT2D eigenvalue weighted by Crippen LogP contribution is -1.99. The number of rotatable bonds is 12. The number of hydrogen-bond acceptors (Lipinski definition) is 5. The Labute approximate surface area is 219 Å². The monoisotopic (exact) mass is 498 g/mol. The van der Waals surface area contributed by atoms with E-state index >= 15 is 0 Å². The molecule has 0 bridgehead atoms. The molecule has 37 heavy (non-hydrogen) atoms. The highest BCUT2D eigenvalue weighted by Gasteiger charge is 2.14. The molecule has 0 heterocycles. The van der Waals surface area contributed by atoms with Crippen LogP contribution in [-0.2, 0) is 25.7 Å². The van der Waals surface area contributed by atoms with Gasteiger partial charge in [0.15, 0.2) is 11.5 Å². The predicted octanol–water partition coefficient (Wildman–Crippen LogP) is 7.08. The van der Waals surface area contributed by atoms with Crippen molar-refractivity contribution < 1.29 is 23.7 Å². The first-order chi connectivity index (χ1) is 18.1. The van der Waals surface area contributed by atoms with Crippen molar-refractivity contribution in [3.05, 3.63) is 107 Å². The van der Waals surface area contributed by atoms with Crippen LogP contribution in [0.5, 0.6) is 34.5 Å². The lowest BCUT2D eigenvalue weighted by Gasteiger charge is -2.16. The molecule has 0 aliphatic carbocycles. The van der Waals surface area contributed by atoms with Crippen molar-refractivity contribution in [3.8, 4) is 34.5 Å². The molecule has 0 saturated carbocycles. The molecule has 0 N–H and O–H groups in total. The largest absolute Gasteiger partial charge is 0.497 e. The van der Waals surface area contributed by atoms with Crippen LogP contribution in [0.1, 0.15) is 22.3 Å². The third-order valence-corrected chi connectivity index (χ3v) is 6.40. The Morgan fingerprint density at radius 3 is 1.65 bits per heavy atom. The number of aryl methyl sites for hydroxylation is 4. The van der Waals surface area contributed by atoms with Crippen molar-refractivity contribution in [3.63, 3.8) is 0 Å². The minimum atomic E-state index is 0.632. The molecule has 0 saturated heterocycles. The van der Waals surface area contributed by atoms with Gasteiger partial charge in [-0.15, -0.1) is 0 Å². The molecule has 0 radical (unpaired) electrons. The molecule has 0 atom stereocenters. The molecule has 5 nitrogen and oxygen atoms in total. The van der Waals surface area contributed by atoms with Crippen molar-refractivity contribution in [1.82, 2.24) is 0 Å². The van der Waals surface area contributed by atoms with E-state index in [9.17, 15) is 0 Å². The normalized spacial score (nSPS) is 10.6. The lowest BCUT2D eigenvalue weighted by molar-refractivity contribution is 0.366. The zero-order chi connectivity index (χ0) is 26.0. The van der Waals surface area contributed by atoms with Gasteiger partial charge in [0.2, 0.25) is 0 Å². The molecule has 0 fully saturated rings. The lowest BCUT2D eigenvalue weighted by atomic mass is 10.0. The highest BCUT2D eigenvalue weighted by Crippen LogP contribution is 2.38. The zero-order valence-corrected chi connectivity index (χ0v) is 22.0. The van der Waals surface area contributed by atoms with E-state index in [2.05, 4.69) is 36.4 Å². The van der Waals surface area contributed by atoms with Gasteiger partial charge in [-0.1, -0.05) is 36.4 Å². The second-order valence-corrected chi connectivity index (χ2v) is 8.76. The molecule has 0 unspecified atom stereocenters. The van der Waals surface area contributed by atoms with Gasteiger partial charge in [-0.25, -0.2) is 0 Å². The van der Waals surface area contributed by atoms with Gasteiger partial charge in [0.25, 0.3) is 0 Å². The van der Waals surface area contributed by atoms with Gasteiger partial charge in [-0.2, -0.15) is 0 Å². The van der Waals surface area contributed by atoms with Gasteiger partial charge >= 0.3 is 0 Å². The van der Waals surface area contributed by atoms with Gasteiger partial charge in [0, 0.05) is 6.07 Å². The molecule has 4 rings (SSSR count). The Morgan fingerprint density at radius 2 is 1.03 bits per heavy atom. The average Bonchev–Trinajstić information content (AvgIpc) is 2.96. The minimum absolute atomic E-state index is 0.632. The number of hydrogen-bond donors (Lipinski definition) is 0. The first kappa shape index (κ1) is 26.0. The van der Waals surface area contributed by atoms with E-state index in [-0.39, 0.29) is 0 Å². The summed E-state index contributed by atoms with van der Waals surface area (Å²) in [5.74, 6) is 4.58. The van der Waals surface area contributed by atoms with Gasteiger partial charge in [-0.05, 0) is 90.4 Å². The average molecular weight is 499 g/mol. The van der Waals surface area contributed by atoms with E-state index < -0.39 is 0 Å². The van der Waals surface area contributed by atoms with Crippen LogP contribution in [-0.4, -0.2) is 28.4 Å². The summed E-state index contributed by atoms with van der Waals surface area (Å²) in [7, 11) is 6.69. The van der Waals surface area contributed by atoms with Gasteiger partial charge < -0.3 is 23.7 Å². The van der Waals surface area contributed by atoms with Crippen LogP contribution < -0.4 is 23.7 Å². The van der Waals surface area contributed by atoms with Crippen LogP contribution in [0.2, 0.25) is 0 Å². The number of ether oxygens (including phenoxy) is 5. The summed E-state index contributed by atoms with van der Waals surface area (Å²) in [6, 6.07) is 28.5. The summed E-state index contributed by atoms with van der Waals surface area (Å²) in [4.78, 5) is 0. The first-order valence-electron chi connectivity index (χ1n) is 12.4. The molecule has 192 valence electrons. The second kappa shape index (κ2) is 12.7. The van der Waals surface area contributed by atoms with Gasteiger partial charge in [-0.3, -0.25) is 0 Å². The van der Waals surface area contributed by atoms with Crippen LogP contribution in [0.3, 0.4) is 0 Å². The van der Waals surface area contributed by atoms with E-state index in [1.165, 1.54) is 16.7 Å². The number of methoxy groups -OCH3 is 4. The maximum absolute atomic E-state index is 6.26. The third-order valence-electron chi connectivity index (χ3n) is 6.40. The molecular formula is C32H34O5. The zero-order valence-electron chi connectivity index (χ0n) is 22.0. The van der Waals surface area contributed by atoms with E-state index in [1.54, 1.807) is 28.4 Å². The topological polar surface area (TPSA) is 46.2 Å². The smallest absolute Gasteiger partial charge is 0.169 e. The van der Waals surface area contributed by atoms with Crippen molar-refractivity contribution in [2.45, 2.75) is 25.7 Å². The summed E-state index contributed by atoms with van der Waals surface area (Å²) >= 11 is 0. The Morgan fingerprint density at radius 1 is 0.432 bits per heavy atom. The predicted molar refractivity (Wildman–Crippen MR) is 147 cm³/mol. The van der Waals surface area contributed by atoms with Crippen molar-refractivity contribution in [2.75, 3.05) is 28.4 Å². The Balaban J connectivity index is 1.44. The van der Waals surface area contributed by atoms with Crippen LogP contribution in [0.4, 0.5) is 0 Å². The molecule has 0 aromatic heterocycles. The van der Waals surface area contributed by atoms with Crippen molar-refractivity contribution in [2.24, 2.45) is 0 Å². The molecule has 0 spiro atoms. The molecule has 0 aliphatic rings. The highest BCUT2D eigenvalue weighted by atomic mass is 16.5. The molecular weight excluding hydrogens is 464 g/mol. The van der Waals surface area contributed by atoms with Gasteiger partial charge in [0.1, 0.15) is 23.0 Å². The fourth-order valence-electron chi connectivity index (χ4n) is 4.25. The standard InChI is InChI=1S/C32H34O5/c1-33-27-16-11-24(12-17-27)10-15-26-21-32(31(36-4)22-30(26)35-3)37-28-18-13-23(14-19-28)8-9-25-6-5-7-29(20-25)34-2/h5-7,11-14,16-22H,8-10,15H2,1-4H3. The Hall–Kier alpha value is -4.12. The second-order valence-electron chi connectivity index (χ2n) is 8.76. The first-order valence-corrected chi connectivity index (χ1v) is 12.4. The van der Waals surface area contributed by atoms with Crippen LogP contribution in [0.15, 0.2) is 84.9 Å². The molecule has 0 aliphatic heterocycles. The molecule has 5 heteroatoms. The number of benzene rings is 4. The fraction of sp³-hybridized carbons (Fsp3) is 0.250. The van der Waals surface area contributed by atoms with Gasteiger partial charge in [0.05, 0.1) is 28.4 Å². The van der Waals surface area contributed by atoms with E-state index in [4.69, 9.17) is 23.7 Å². The summed E-state index contributed by atoms with van der Waals surface area (Å²) in [6.45, 7) is 0. The van der Waals surface area contributed by atoms with Crippen LogP contribution in [0.25, 0.3) is 0 Å². The summed E-state index contributed by atoms with van der Waals surface area (Å²) in [5.41, 5.74) is 4.79. The third kappa shape index (κ3) is 6.98. The summed E-state index contributed by atoms with van der Waals surface area (Å²) < 4.78 is 28.1.